The highest BCUT2D eigenvalue weighted by atomic mass is 16.6. The molecule has 1 amide bonds. The van der Waals surface area contributed by atoms with Gasteiger partial charge in [-0.2, -0.15) is 0 Å². The lowest BCUT2D eigenvalue weighted by Gasteiger charge is -2.05. The molecule has 0 aliphatic rings. The van der Waals surface area contributed by atoms with Crippen LogP contribution in [-0.4, -0.2) is 21.9 Å². The number of nitro benzene ring substituents is 1. The number of hydrogen-bond donors (Lipinski definition) is 2. The standard InChI is InChI=1S/C11H12N2O5/c1-7-2-3-8(9(6-7)13(17)18)12-10(14)4-5-11(15)16/h2-3,6H,4-5H2,1H3,(H,12,14)(H,15,16). The maximum atomic E-state index is 11.4. The van der Waals surface area contributed by atoms with Gasteiger partial charge in [0, 0.05) is 12.5 Å². The molecule has 0 atom stereocenters. The number of aliphatic carboxylic acids is 1. The van der Waals surface area contributed by atoms with Gasteiger partial charge in [0.05, 0.1) is 11.3 Å². The van der Waals surface area contributed by atoms with Crippen LogP contribution in [0.1, 0.15) is 18.4 Å². The summed E-state index contributed by atoms with van der Waals surface area (Å²) in [5.41, 5.74) is 0.560. The van der Waals surface area contributed by atoms with E-state index in [4.69, 9.17) is 5.11 Å². The molecule has 0 bridgehead atoms. The molecule has 0 unspecified atom stereocenters. The van der Waals surface area contributed by atoms with Crippen molar-refractivity contribution in [2.24, 2.45) is 0 Å². The van der Waals surface area contributed by atoms with E-state index in [2.05, 4.69) is 5.32 Å². The molecule has 96 valence electrons. The third kappa shape index (κ3) is 3.85. The monoisotopic (exact) mass is 252 g/mol. The first kappa shape index (κ1) is 13.6. The highest BCUT2D eigenvalue weighted by Gasteiger charge is 2.16. The van der Waals surface area contributed by atoms with E-state index in [1.165, 1.54) is 12.1 Å². The van der Waals surface area contributed by atoms with E-state index in [0.717, 1.165) is 0 Å². The molecule has 18 heavy (non-hydrogen) atoms. The minimum Gasteiger partial charge on any atom is -0.481 e. The molecule has 1 rings (SSSR count). The largest absolute Gasteiger partial charge is 0.481 e. The first-order valence-electron chi connectivity index (χ1n) is 5.17. The van der Waals surface area contributed by atoms with Crippen molar-refractivity contribution in [3.63, 3.8) is 0 Å². The molecule has 7 heteroatoms. The quantitative estimate of drug-likeness (QED) is 0.612. The molecule has 0 saturated heterocycles. The van der Waals surface area contributed by atoms with Gasteiger partial charge in [0.25, 0.3) is 5.69 Å². The molecule has 1 aromatic carbocycles. The summed E-state index contributed by atoms with van der Waals surface area (Å²) in [6, 6.07) is 4.39. The van der Waals surface area contributed by atoms with Crippen LogP contribution in [0, 0.1) is 17.0 Å². The Balaban J connectivity index is 2.81. The minimum absolute atomic E-state index is 0.0704. The maximum Gasteiger partial charge on any atom is 0.303 e. The Hall–Kier alpha value is -2.44. The zero-order chi connectivity index (χ0) is 13.7. The molecule has 0 fully saturated rings. The summed E-state index contributed by atoms with van der Waals surface area (Å²) in [6.45, 7) is 1.70. The van der Waals surface area contributed by atoms with Crippen molar-refractivity contribution in [3.8, 4) is 0 Å². The predicted molar refractivity (Wildman–Crippen MR) is 63.3 cm³/mol. The molecule has 0 aromatic heterocycles. The number of rotatable bonds is 5. The summed E-state index contributed by atoms with van der Waals surface area (Å²) >= 11 is 0. The van der Waals surface area contributed by atoms with Crippen LogP contribution in [0.2, 0.25) is 0 Å². The van der Waals surface area contributed by atoms with Gasteiger partial charge in [0.2, 0.25) is 5.91 Å². The molecular weight excluding hydrogens is 240 g/mol. The van der Waals surface area contributed by atoms with Crippen LogP contribution in [0.3, 0.4) is 0 Å². The molecule has 0 saturated carbocycles. The SMILES string of the molecule is Cc1ccc(NC(=O)CCC(=O)O)c([N+](=O)[O-])c1. The average molecular weight is 252 g/mol. The van der Waals surface area contributed by atoms with Crippen LogP contribution in [-0.2, 0) is 9.59 Å². The number of nitrogens with zero attached hydrogens (tertiary/aromatic N) is 1. The van der Waals surface area contributed by atoms with Crippen LogP contribution in [0.15, 0.2) is 18.2 Å². The fourth-order valence-electron chi connectivity index (χ4n) is 1.33. The fourth-order valence-corrected chi connectivity index (χ4v) is 1.33. The third-order valence-electron chi connectivity index (χ3n) is 2.19. The summed E-state index contributed by atoms with van der Waals surface area (Å²) in [6.07, 6.45) is -0.536. The van der Waals surface area contributed by atoms with E-state index >= 15 is 0 Å². The number of carbonyl (C=O) groups is 2. The molecule has 0 spiro atoms. The van der Waals surface area contributed by atoms with Gasteiger partial charge in [-0.1, -0.05) is 6.07 Å². The molecule has 0 aliphatic carbocycles. The number of carboxylic acids is 1. The number of amides is 1. The molecule has 0 heterocycles. The number of carbonyl (C=O) groups excluding carboxylic acids is 1. The smallest absolute Gasteiger partial charge is 0.303 e. The van der Waals surface area contributed by atoms with Gasteiger partial charge < -0.3 is 10.4 Å². The topological polar surface area (TPSA) is 110 Å². The lowest BCUT2D eigenvalue weighted by atomic mass is 10.2. The number of hydrogen-bond acceptors (Lipinski definition) is 4. The van der Waals surface area contributed by atoms with E-state index in [1.807, 2.05) is 0 Å². The first-order valence-corrected chi connectivity index (χ1v) is 5.17. The Morgan fingerprint density at radius 2 is 2.06 bits per heavy atom. The Kier molecular flexibility index (Phi) is 4.36. The summed E-state index contributed by atoms with van der Waals surface area (Å²) in [7, 11) is 0. The number of nitro groups is 1. The normalized spacial score (nSPS) is 9.83. The van der Waals surface area contributed by atoms with Crippen molar-refractivity contribution in [1.82, 2.24) is 0 Å². The van der Waals surface area contributed by atoms with Gasteiger partial charge in [-0.25, -0.2) is 0 Å². The Labute approximate surface area is 103 Å². The second kappa shape index (κ2) is 5.76. The number of nitrogens with one attached hydrogen (secondary N) is 1. The van der Waals surface area contributed by atoms with E-state index in [0.29, 0.717) is 5.56 Å². The third-order valence-corrected chi connectivity index (χ3v) is 2.19. The van der Waals surface area contributed by atoms with Crippen molar-refractivity contribution in [2.45, 2.75) is 19.8 Å². The van der Waals surface area contributed by atoms with E-state index in [1.54, 1.807) is 13.0 Å². The van der Waals surface area contributed by atoms with E-state index in [9.17, 15) is 19.7 Å². The molecule has 2 N–H and O–H groups in total. The first-order chi connectivity index (χ1) is 8.40. The average Bonchev–Trinajstić information content (AvgIpc) is 2.28. The molecule has 7 nitrogen and oxygen atoms in total. The van der Waals surface area contributed by atoms with Crippen molar-refractivity contribution < 1.29 is 19.6 Å². The second-order valence-electron chi connectivity index (χ2n) is 3.72. The highest BCUT2D eigenvalue weighted by Crippen LogP contribution is 2.25. The van der Waals surface area contributed by atoms with Crippen molar-refractivity contribution >= 4 is 23.3 Å². The van der Waals surface area contributed by atoms with Crippen LogP contribution in [0.25, 0.3) is 0 Å². The highest BCUT2D eigenvalue weighted by molar-refractivity contribution is 5.94. The van der Waals surface area contributed by atoms with Gasteiger partial charge in [0.15, 0.2) is 0 Å². The van der Waals surface area contributed by atoms with E-state index in [-0.39, 0.29) is 24.2 Å². The van der Waals surface area contributed by atoms with Crippen LogP contribution >= 0.6 is 0 Å². The lowest BCUT2D eigenvalue weighted by molar-refractivity contribution is -0.384. The fraction of sp³-hybridized carbons (Fsp3) is 0.273. The van der Waals surface area contributed by atoms with Crippen molar-refractivity contribution in [3.05, 3.63) is 33.9 Å². The van der Waals surface area contributed by atoms with Crippen LogP contribution in [0.4, 0.5) is 11.4 Å². The summed E-state index contributed by atoms with van der Waals surface area (Å²) in [5, 5.41) is 21.5. The number of benzene rings is 1. The maximum absolute atomic E-state index is 11.4. The van der Waals surface area contributed by atoms with E-state index < -0.39 is 16.8 Å². The summed E-state index contributed by atoms with van der Waals surface area (Å²) < 4.78 is 0. The number of carboxylic acid groups (broad SMARTS) is 1. The van der Waals surface area contributed by atoms with Gasteiger partial charge in [-0.15, -0.1) is 0 Å². The Bertz CT molecular complexity index is 498. The molecule has 0 radical (unpaired) electrons. The predicted octanol–water partition coefficient (Wildman–Crippen LogP) is 1.71. The second-order valence-corrected chi connectivity index (χ2v) is 3.72. The Morgan fingerprint density at radius 1 is 1.39 bits per heavy atom. The van der Waals surface area contributed by atoms with Gasteiger partial charge in [-0.05, 0) is 18.6 Å². The van der Waals surface area contributed by atoms with Gasteiger partial charge in [0.1, 0.15) is 5.69 Å². The number of aryl methyl sites for hydroxylation is 1. The summed E-state index contributed by atoms with van der Waals surface area (Å²) in [4.78, 5) is 31.9. The van der Waals surface area contributed by atoms with Crippen molar-refractivity contribution in [2.75, 3.05) is 5.32 Å². The minimum atomic E-state index is -1.09. The Morgan fingerprint density at radius 3 is 2.61 bits per heavy atom. The van der Waals surface area contributed by atoms with Crippen LogP contribution < -0.4 is 5.32 Å². The van der Waals surface area contributed by atoms with Gasteiger partial charge in [-0.3, -0.25) is 19.7 Å². The molecule has 1 aromatic rings. The van der Waals surface area contributed by atoms with Gasteiger partial charge >= 0.3 is 5.97 Å². The zero-order valence-electron chi connectivity index (χ0n) is 9.67. The lowest BCUT2D eigenvalue weighted by Crippen LogP contribution is -2.14. The zero-order valence-corrected chi connectivity index (χ0v) is 9.67. The van der Waals surface area contributed by atoms with Crippen LogP contribution in [0.5, 0.6) is 0 Å². The summed E-state index contributed by atoms with van der Waals surface area (Å²) in [5.74, 6) is -1.66. The molecule has 0 aliphatic heterocycles. The number of anilines is 1. The molecular formula is C11H12N2O5. The van der Waals surface area contributed by atoms with Crippen molar-refractivity contribution in [1.29, 1.82) is 0 Å².